The van der Waals surface area contributed by atoms with Crippen molar-refractivity contribution in [1.29, 1.82) is 0 Å². The molecule has 0 fully saturated rings. The molecule has 2 aromatic carbocycles. The van der Waals surface area contributed by atoms with E-state index in [1.165, 1.54) is 6.07 Å². The van der Waals surface area contributed by atoms with Crippen LogP contribution in [0.1, 0.15) is 17.5 Å². The van der Waals surface area contributed by atoms with Gasteiger partial charge in [0.15, 0.2) is 11.5 Å². The molecule has 0 saturated heterocycles. The number of methoxy groups -OCH3 is 1. The van der Waals surface area contributed by atoms with Crippen molar-refractivity contribution in [2.45, 2.75) is 19.6 Å². The molecule has 0 heterocycles. The lowest BCUT2D eigenvalue weighted by atomic mass is 10.2. The van der Waals surface area contributed by atoms with Gasteiger partial charge in [-0.15, -0.1) is 0 Å². The second-order valence-electron chi connectivity index (χ2n) is 5.50. The molecule has 130 valence electrons. The summed E-state index contributed by atoms with van der Waals surface area (Å²) in [6.07, 6.45) is 1.08. The summed E-state index contributed by atoms with van der Waals surface area (Å²) in [5.74, 6) is 0.999. The van der Waals surface area contributed by atoms with Gasteiger partial charge in [-0.05, 0) is 50.3 Å². The third-order valence-corrected chi connectivity index (χ3v) is 3.68. The average molecular weight is 332 g/mol. The van der Waals surface area contributed by atoms with Gasteiger partial charge < -0.3 is 20.1 Å². The third kappa shape index (κ3) is 5.51. The number of ether oxygens (including phenoxy) is 2. The number of benzene rings is 2. The summed E-state index contributed by atoms with van der Waals surface area (Å²) < 4.78 is 24.7. The van der Waals surface area contributed by atoms with Crippen LogP contribution in [-0.4, -0.2) is 27.2 Å². The van der Waals surface area contributed by atoms with E-state index in [0.29, 0.717) is 17.1 Å². The largest absolute Gasteiger partial charge is 0.493 e. The minimum Gasteiger partial charge on any atom is -0.493 e. The maximum Gasteiger partial charge on any atom is 0.161 e. The number of hydrogen-bond acceptors (Lipinski definition) is 4. The Balaban J connectivity index is 1.92. The molecule has 2 rings (SSSR count). The van der Waals surface area contributed by atoms with E-state index in [4.69, 9.17) is 9.47 Å². The highest BCUT2D eigenvalue weighted by atomic mass is 19.1. The number of nitrogens with one attached hydrogen (secondary N) is 2. The van der Waals surface area contributed by atoms with Crippen molar-refractivity contribution in [3.8, 4) is 11.5 Å². The van der Waals surface area contributed by atoms with Crippen LogP contribution in [0.3, 0.4) is 0 Å². The van der Waals surface area contributed by atoms with Crippen molar-refractivity contribution in [3.63, 3.8) is 0 Å². The zero-order chi connectivity index (χ0) is 17.2. The van der Waals surface area contributed by atoms with E-state index in [2.05, 4.69) is 10.6 Å². The minimum atomic E-state index is -0.265. The van der Waals surface area contributed by atoms with Gasteiger partial charge in [-0.1, -0.05) is 24.3 Å². The molecule has 0 aliphatic rings. The van der Waals surface area contributed by atoms with E-state index in [1.807, 2.05) is 25.2 Å². The molecule has 0 aliphatic carbocycles. The number of rotatable bonds is 10. The first kappa shape index (κ1) is 18.2. The molecule has 0 atom stereocenters. The van der Waals surface area contributed by atoms with Crippen molar-refractivity contribution in [3.05, 3.63) is 59.4 Å². The van der Waals surface area contributed by atoms with Crippen LogP contribution >= 0.6 is 0 Å². The first-order valence-electron chi connectivity index (χ1n) is 8.13. The summed E-state index contributed by atoms with van der Waals surface area (Å²) in [4.78, 5) is 0. The van der Waals surface area contributed by atoms with Crippen LogP contribution in [0.5, 0.6) is 11.5 Å². The maximum absolute atomic E-state index is 13.6. The Labute approximate surface area is 143 Å². The summed E-state index contributed by atoms with van der Waals surface area (Å²) >= 11 is 0. The Bertz CT molecular complexity index is 635. The Kier molecular flexibility index (Phi) is 7.52. The highest BCUT2D eigenvalue weighted by molar-refractivity contribution is 5.43. The quantitative estimate of drug-likeness (QED) is 0.656. The predicted octanol–water partition coefficient (Wildman–Crippen LogP) is 3.11. The fourth-order valence-electron chi connectivity index (χ4n) is 2.34. The van der Waals surface area contributed by atoms with Crippen LogP contribution in [0.15, 0.2) is 42.5 Å². The fraction of sp³-hybridized carbons (Fsp3) is 0.368. The molecule has 2 aromatic rings. The van der Waals surface area contributed by atoms with Crippen LogP contribution in [0, 0.1) is 5.82 Å². The summed E-state index contributed by atoms with van der Waals surface area (Å²) in [6.45, 7) is 2.89. The van der Waals surface area contributed by atoms with E-state index in [9.17, 15) is 4.39 Å². The smallest absolute Gasteiger partial charge is 0.161 e. The topological polar surface area (TPSA) is 42.5 Å². The van der Waals surface area contributed by atoms with E-state index in [-0.39, 0.29) is 12.4 Å². The minimum absolute atomic E-state index is 0.171. The molecule has 0 saturated carbocycles. The van der Waals surface area contributed by atoms with Gasteiger partial charge in [0.05, 0.1) is 7.11 Å². The lowest BCUT2D eigenvalue weighted by Crippen LogP contribution is -2.19. The highest BCUT2D eigenvalue weighted by Crippen LogP contribution is 2.29. The summed E-state index contributed by atoms with van der Waals surface area (Å²) in [6, 6.07) is 12.4. The first-order chi connectivity index (χ1) is 11.7. The lowest BCUT2D eigenvalue weighted by molar-refractivity contribution is 0.279. The SMILES string of the molecule is CNCCCNCc1ccc(OCc2ccccc2F)c(OC)c1. The van der Waals surface area contributed by atoms with Crippen molar-refractivity contribution >= 4 is 0 Å². The zero-order valence-electron chi connectivity index (χ0n) is 14.3. The van der Waals surface area contributed by atoms with E-state index >= 15 is 0 Å². The standard InChI is InChI=1S/C19H25FN2O2/c1-21-10-5-11-22-13-15-8-9-18(19(12-15)23-2)24-14-16-6-3-4-7-17(16)20/h3-4,6-9,12,21-22H,5,10-11,13-14H2,1-2H3. The van der Waals surface area contributed by atoms with Crippen molar-refractivity contribution in [2.24, 2.45) is 0 Å². The zero-order valence-corrected chi connectivity index (χ0v) is 14.3. The molecule has 0 unspecified atom stereocenters. The van der Waals surface area contributed by atoms with Crippen molar-refractivity contribution in [2.75, 3.05) is 27.2 Å². The molecule has 0 radical (unpaired) electrons. The summed E-state index contributed by atoms with van der Waals surface area (Å²) in [7, 11) is 3.56. The number of halogens is 1. The van der Waals surface area contributed by atoms with E-state index in [0.717, 1.165) is 31.6 Å². The molecule has 0 amide bonds. The van der Waals surface area contributed by atoms with Crippen LogP contribution in [0.25, 0.3) is 0 Å². The molecule has 5 heteroatoms. The van der Waals surface area contributed by atoms with Gasteiger partial charge in [-0.2, -0.15) is 0 Å². The molecule has 0 spiro atoms. The van der Waals surface area contributed by atoms with Gasteiger partial charge >= 0.3 is 0 Å². The van der Waals surface area contributed by atoms with Gasteiger partial charge in [-0.25, -0.2) is 4.39 Å². The predicted molar refractivity (Wildman–Crippen MR) is 94.0 cm³/mol. The lowest BCUT2D eigenvalue weighted by Gasteiger charge is -2.13. The fourth-order valence-corrected chi connectivity index (χ4v) is 2.34. The first-order valence-corrected chi connectivity index (χ1v) is 8.13. The Hall–Kier alpha value is -2.11. The maximum atomic E-state index is 13.6. The molecule has 4 nitrogen and oxygen atoms in total. The highest BCUT2D eigenvalue weighted by Gasteiger charge is 2.08. The van der Waals surface area contributed by atoms with Crippen LogP contribution in [0.4, 0.5) is 4.39 Å². The van der Waals surface area contributed by atoms with Crippen LogP contribution in [-0.2, 0) is 13.2 Å². The van der Waals surface area contributed by atoms with Crippen LogP contribution < -0.4 is 20.1 Å². The molecule has 2 N–H and O–H groups in total. The van der Waals surface area contributed by atoms with Crippen molar-refractivity contribution in [1.82, 2.24) is 10.6 Å². The summed E-state index contributed by atoms with van der Waals surface area (Å²) in [5, 5.41) is 6.51. The summed E-state index contributed by atoms with van der Waals surface area (Å²) in [5.41, 5.74) is 1.64. The molecular weight excluding hydrogens is 307 g/mol. The second-order valence-corrected chi connectivity index (χ2v) is 5.50. The molecule has 24 heavy (non-hydrogen) atoms. The van der Waals surface area contributed by atoms with E-state index < -0.39 is 0 Å². The molecular formula is C19H25FN2O2. The molecule has 0 aromatic heterocycles. The third-order valence-electron chi connectivity index (χ3n) is 3.68. The van der Waals surface area contributed by atoms with Gasteiger partial charge in [0.25, 0.3) is 0 Å². The average Bonchev–Trinajstić information content (AvgIpc) is 2.61. The van der Waals surface area contributed by atoms with Gasteiger partial charge in [0.2, 0.25) is 0 Å². The van der Waals surface area contributed by atoms with Gasteiger partial charge in [-0.3, -0.25) is 0 Å². The Morgan fingerprint density at radius 3 is 2.62 bits per heavy atom. The van der Waals surface area contributed by atoms with Gasteiger partial charge in [0, 0.05) is 12.1 Å². The van der Waals surface area contributed by atoms with Gasteiger partial charge in [0.1, 0.15) is 12.4 Å². The van der Waals surface area contributed by atoms with Crippen molar-refractivity contribution < 1.29 is 13.9 Å². The number of hydrogen-bond donors (Lipinski definition) is 2. The monoisotopic (exact) mass is 332 g/mol. The molecule has 0 bridgehead atoms. The Morgan fingerprint density at radius 1 is 1.04 bits per heavy atom. The normalized spacial score (nSPS) is 10.6. The second kappa shape index (κ2) is 9.90. The molecule has 0 aliphatic heterocycles. The Morgan fingerprint density at radius 2 is 1.88 bits per heavy atom. The van der Waals surface area contributed by atoms with Crippen LogP contribution in [0.2, 0.25) is 0 Å². The van der Waals surface area contributed by atoms with E-state index in [1.54, 1.807) is 25.3 Å².